The number of para-hydroxylation sites is 2. The van der Waals surface area contributed by atoms with Crippen molar-refractivity contribution in [3.05, 3.63) is 82.6 Å². The quantitative estimate of drug-likeness (QED) is 0.310. The summed E-state index contributed by atoms with van der Waals surface area (Å²) in [5.74, 6) is 1.20. The Hall–Kier alpha value is -3.78. The number of amides is 1. The van der Waals surface area contributed by atoms with Gasteiger partial charge in [-0.05, 0) is 42.3 Å². The zero-order chi connectivity index (χ0) is 23.7. The van der Waals surface area contributed by atoms with E-state index in [9.17, 15) is 9.59 Å². The molecule has 0 fully saturated rings. The molecule has 0 atom stereocenters. The van der Waals surface area contributed by atoms with Gasteiger partial charge in [0.05, 0.1) is 36.6 Å². The fourth-order valence-corrected chi connectivity index (χ4v) is 5.09. The highest BCUT2D eigenvalue weighted by molar-refractivity contribution is 7.99. The highest BCUT2D eigenvalue weighted by Crippen LogP contribution is 2.32. The van der Waals surface area contributed by atoms with E-state index in [1.54, 1.807) is 44.6 Å². The molecule has 7 nitrogen and oxygen atoms in total. The molecule has 0 saturated heterocycles. The van der Waals surface area contributed by atoms with Gasteiger partial charge in [-0.2, -0.15) is 0 Å². The van der Waals surface area contributed by atoms with Crippen LogP contribution in [0, 0.1) is 0 Å². The summed E-state index contributed by atoms with van der Waals surface area (Å²) < 4.78 is 12.3. The lowest BCUT2D eigenvalue weighted by Crippen LogP contribution is -2.31. The van der Waals surface area contributed by atoms with E-state index in [-0.39, 0.29) is 17.2 Å². The zero-order valence-electron chi connectivity index (χ0n) is 18.9. The van der Waals surface area contributed by atoms with Crippen molar-refractivity contribution in [1.29, 1.82) is 0 Å². The molecule has 0 saturated carbocycles. The van der Waals surface area contributed by atoms with Crippen molar-refractivity contribution in [3.8, 4) is 17.2 Å². The first-order valence-corrected chi connectivity index (χ1v) is 11.8. The van der Waals surface area contributed by atoms with Gasteiger partial charge in [0.15, 0.2) is 16.7 Å². The number of methoxy groups -OCH3 is 2. The predicted molar refractivity (Wildman–Crippen MR) is 134 cm³/mol. The Morgan fingerprint density at radius 1 is 1.00 bits per heavy atom. The van der Waals surface area contributed by atoms with Gasteiger partial charge in [-0.25, -0.2) is 4.98 Å². The molecule has 3 aromatic carbocycles. The number of thioether (sulfide) groups is 1. The van der Waals surface area contributed by atoms with E-state index >= 15 is 0 Å². The van der Waals surface area contributed by atoms with Crippen LogP contribution in [0.25, 0.3) is 16.6 Å². The molecule has 1 aromatic heterocycles. The normalized spacial score (nSPS) is 12.6. The van der Waals surface area contributed by atoms with Crippen LogP contribution in [0.2, 0.25) is 0 Å². The average molecular weight is 474 g/mol. The molecule has 2 heterocycles. The number of rotatable bonds is 6. The molecule has 4 aromatic rings. The number of nitrogens with zero attached hydrogens (tertiary/aromatic N) is 3. The molecule has 8 heteroatoms. The summed E-state index contributed by atoms with van der Waals surface area (Å²) in [4.78, 5) is 33.2. The van der Waals surface area contributed by atoms with Crippen molar-refractivity contribution in [3.63, 3.8) is 0 Å². The van der Waals surface area contributed by atoms with Crippen molar-refractivity contribution in [2.75, 3.05) is 31.4 Å². The van der Waals surface area contributed by atoms with Gasteiger partial charge in [0.1, 0.15) is 0 Å². The third-order valence-electron chi connectivity index (χ3n) is 5.88. The van der Waals surface area contributed by atoms with Crippen LogP contribution in [0.5, 0.6) is 11.5 Å². The summed E-state index contributed by atoms with van der Waals surface area (Å²) in [5.41, 5.74) is 3.09. The second-order valence-corrected chi connectivity index (χ2v) is 8.75. The zero-order valence-corrected chi connectivity index (χ0v) is 19.7. The van der Waals surface area contributed by atoms with Gasteiger partial charge in [-0.1, -0.05) is 42.1 Å². The molecule has 1 amide bonds. The Morgan fingerprint density at radius 3 is 2.59 bits per heavy atom. The van der Waals surface area contributed by atoms with Gasteiger partial charge in [-0.15, -0.1) is 0 Å². The minimum atomic E-state index is -0.209. The Morgan fingerprint density at radius 2 is 1.76 bits per heavy atom. The third-order valence-corrected chi connectivity index (χ3v) is 6.81. The first-order chi connectivity index (χ1) is 16.6. The molecule has 0 spiro atoms. The number of ether oxygens (including phenoxy) is 2. The molecular weight excluding hydrogens is 450 g/mol. The number of hydrogen-bond acceptors (Lipinski definition) is 6. The van der Waals surface area contributed by atoms with Crippen molar-refractivity contribution in [1.82, 2.24) is 9.55 Å². The number of anilines is 1. The van der Waals surface area contributed by atoms with E-state index in [1.807, 2.05) is 35.2 Å². The van der Waals surface area contributed by atoms with E-state index in [0.717, 1.165) is 12.1 Å². The van der Waals surface area contributed by atoms with Gasteiger partial charge in [0.2, 0.25) is 5.91 Å². The molecule has 0 radical (unpaired) electrons. The highest BCUT2D eigenvalue weighted by Gasteiger charge is 2.25. The standard InChI is InChI=1S/C26H23N3O4S/c1-32-22-12-11-18(15-23(22)33-2)29-25(31)19-8-4-5-9-20(19)27-26(29)34-16-24(30)28-14-13-17-7-3-6-10-21(17)28/h3-12,15H,13-14,16H2,1-2H3. The lowest BCUT2D eigenvalue weighted by molar-refractivity contribution is -0.116. The largest absolute Gasteiger partial charge is 0.493 e. The Balaban J connectivity index is 1.53. The van der Waals surface area contributed by atoms with Crippen LogP contribution >= 0.6 is 11.8 Å². The number of hydrogen-bond donors (Lipinski definition) is 0. The number of benzene rings is 3. The fourth-order valence-electron chi connectivity index (χ4n) is 4.20. The van der Waals surface area contributed by atoms with Crippen LogP contribution in [0.15, 0.2) is 76.7 Å². The second kappa shape index (κ2) is 9.23. The van der Waals surface area contributed by atoms with E-state index in [0.29, 0.717) is 39.8 Å². The topological polar surface area (TPSA) is 73.7 Å². The molecular formula is C26H23N3O4S. The fraction of sp³-hybridized carbons (Fsp3) is 0.192. The Labute approximate surface area is 200 Å². The average Bonchev–Trinajstić information content (AvgIpc) is 3.31. The van der Waals surface area contributed by atoms with Gasteiger partial charge in [0.25, 0.3) is 5.56 Å². The summed E-state index contributed by atoms with van der Waals surface area (Å²) in [6, 6.07) is 20.4. The molecule has 1 aliphatic rings. The van der Waals surface area contributed by atoms with Gasteiger partial charge < -0.3 is 14.4 Å². The molecule has 0 unspecified atom stereocenters. The van der Waals surface area contributed by atoms with Crippen LogP contribution in [0.1, 0.15) is 5.56 Å². The first-order valence-electron chi connectivity index (χ1n) is 10.9. The SMILES string of the molecule is COc1ccc(-n2c(SCC(=O)N3CCc4ccccc43)nc3ccccc3c2=O)cc1OC. The molecule has 34 heavy (non-hydrogen) atoms. The Kier molecular flexibility index (Phi) is 5.98. The van der Waals surface area contributed by atoms with E-state index in [1.165, 1.54) is 21.9 Å². The number of carbonyl (C=O) groups excluding carboxylic acids is 1. The summed E-state index contributed by atoms with van der Waals surface area (Å²) in [6.07, 6.45) is 0.844. The monoisotopic (exact) mass is 473 g/mol. The van der Waals surface area contributed by atoms with Gasteiger partial charge >= 0.3 is 0 Å². The van der Waals surface area contributed by atoms with E-state index in [2.05, 4.69) is 6.07 Å². The lowest BCUT2D eigenvalue weighted by atomic mass is 10.2. The smallest absolute Gasteiger partial charge is 0.266 e. The van der Waals surface area contributed by atoms with Crippen molar-refractivity contribution >= 4 is 34.3 Å². The third kappa shape index (κ3) is 3.90. The molecule has 0 aliphatic carbocycles. The summed E-state index contributed by atoms with van der Waals surface area (Å²) in [7, 11) is 3.11. The van der Waals surface area contributed by atoms with Crippen molar-refractivity contribution in [2.24, 2.45) is 0 Å². The summed E-state index contributed by atoms with van der Waals surface area (Å²) >= 11 is 1.25. The molecule has 172 valence electrons. The second-order valence-electron chi connectivity index (χ2n) is 7.80. The maximum Gasteiger partial charge on any atom is 0.266 e. The summed E-state index contributed by atoms with van der Waals surface area (Å²) in [6.45, 7) is 0.659. The maximum atomic E-state index is 13.5. The van der Waals surface area contributed by atoms with Gasteiger partial charge in [-0.3, -0.25) is 14.2 Å². The van der Waals surface area contributed by atoms with Gasteiger partial charge in [0, 0.05) is 18.3 Å². The molecule has 5 rings (SSSR count). The minimum Gasteiger partial charge on any atom is -0.493 e. The van der Waals surface area contributed by atoms with E-state index in [4.69, 9.17) is 14.5 Å². The van der Waals surface area contributed by atoms with Crippen LogP contribution in [0.3, 0.4) is 0 Å². The first kappa shape index (κ1) is 22.0. The molecule has 1 aliphatic heterocycles. The minimum absolute atomic E-state index is 0.0174. The Bertz CT molecular complexity index is 1450. The number of fused-ring (bicyclic) bond motifs is 2. The number of aromatic nitrogens is 2. The van der Waals surface area contributed by atoms with Crippen LogP contribution < -0.4 is 19.9 Å². The van der Waals surface area contributed by atoms with E-state index < -0.39 is 0 Å². The lowest BCUT2D eigenvalue weighted by Gasteiger charge is -2.18. The molecule has 0 bridgehead atoms. The van der Waals surface area contributed by atoms with Crippen molar-refractivity contribution < 1.29 is 14.3 Å². The molecule has 0 N–H and O–H groups in total. The highest BCUT2D eigenvalue weighted by atomic mass is 32.2. The maximum absolute atomic E-state index is 13.5. The van der Waals surface area contributed by atoms with Crippen LogP contribution in [-0.2, 0) is 11.2 Å². The number of carbonyl (C=O) groups is 1. The predicted octanol–water partition coefficient (Wildman–Crippen LogP) is 4.08. The van der Waals surface area contributed by atoms with Crippen LogP contribution in [-0.4, -0.2) is 42.0 Å². The van der Waals surface area contributed by atoms with Crippen LogP contribution in [0.4, 0.5) is 5.69 Å². The summed E-state index contributed by atoms with van der Waals surface area (Å²) in [5, 5.41) is 0.943. The van der Waals surface area contributed by atoms with Crippen molar-refractivity contribution in [2.45, 2.75) is 11.6 Å².